The lowest BCUT2D eigenvalue weighted by Crippen LogP contribution is -2.44. The van der Waals surface area contributed by atoms with Crippen molar-refractivity contribution in [2.45, 2.75) is 13.1 Å². The second-order valence-corrected chi connectivity index (χ2v) is 2.61. The zero-order valence-electron chi connectivity index (χ0n) is 7.97. The van der Waals surface area contributed by atoms with Crippen LogP contribution >= 0.6 is 0 Å². The van der Waals surface area contributed by atoms with E-state index in [1.54, 1.807) is 0 Å². The zero-order valence-corrected chi connectivity index (χ0v) is 7.97. The monoisotopic (exact) mass is 228 g/mol. The van der Waals surface area contributed by atoms with Gasteiger partial charge in [-0.3, -0.25) is 4.79 Å². The van der Waals surface area contributed by atoms with E-state index in [1.807, 2.05) is 5.32 Å². The van der Waals surface area contributed by atoms with Gasteiger partial charge >= 0.3 is 18.2 Å². The van der Waals surface area contributed by atoms with E-state index in [-0.39, 0.29) is 19.6 Å². The molecule has 2 amide bonds. The van der Waals surface area contributed by atoms with Crippen molar-refractivity contribution in [3.8, 4) is 0 Å². The molecule has 88 valence electrons. The van der Waals surface area contributed by atoms with Crippen LogP contribution in [-0.4, -0.2) is 47.8 Å². The maximum atomic E-state index is 11.9. The van der Waals surface area contributed by atoms with Gasteiger partial charge in [0.05, 0.1) is 0 Å². The highest BCUT2D eigenvalue weighted by Gasteiger charge is 2.41. The molecule has 0 bridgehead atoms. The van der Waals surface area contributed by atoms with E-state index < -0.39 is 18.2 Å². The second kappa shape index (κ2) is 5.42. The highest BCUT2D eigenvalue weighted by Crippen LogP contribution is 2.17. The number of nitrogens with one attached hydrogen (secondary N) is 1. The summed E-state index contributed by atoms with van der Waals surface area (Å²) < 4.78 is 35.8. The number of halogens is 3. The average Bonchev–Trinajstić information content (AvgIpc) is 2.09. The summed E-state index contributed by atoms with van der Waals surface area (Å²) in [7, 11) is 0. The molecule has 5 nitrogen and oxygen atoms in total. The summed E-state index contributed by atoms with van der Waals surface area (Å²) in [5.74, 6) is -1.96. The fraction of sp³-hybridized carbons (Fsp3) is 0.714. The molecule has 0 fully saturated rings. The first-order valence-electron chi connectivity index (χ1n) is 4.12. The zero-order chi connectivity index (χ0) is 12.1. The van der Waals surface area contributed by atoms with Crippen molar-refractivity contribution in [2.24, 2.45) is 0 Å². The maximum absolute atomic E-state index is 11.9. The van der Waals surface area contributed by atoms with Crippen LogP contribution in [-0.2, 0) is 4.79 Å². The van der Waals surface area contributed by atoms with Crippen LogP contribution in [0.5, 0.6) is 0 Å². The summed E-state index contributed by atoms with van der Waals surface area (Å²) in [6.07, 6.45) is -6.26. The van der Waals surface area contributed by atoms with Crippen LogP contribution in [0.4, 0.5) is 18.0 Å². The molecule has 0 heterocycles. The van der Waals surface area contributed by atoms with Crippen LogP contribution in [0, 0.1) is 0 Å². The second-order valence-electron chi connectivity index (χ2n) is 2.61. The number of rotatable bonds is 4. The predicted octanol–water partition coefficient (Wildman–Crippen LogP) is 0.665. The summed E-state index contributed by atoms with van der Waals surface area (Å²) in [6.45, 7) is 0.718. The molecule has 0 spiro atoms. The highest BCUT2D eigenvalue weighted by molar-refractivity contribution is 5.81. The van der Waals surface area contributed by atoms with Gasteiger partial charge in [0.15, 0.2) is 0 Å². The molecule has 0 aromatic heterocycles. The Labute approximate surface area is 83.9 Å². The number of likely N-dealkylation sites (N-methyl/N-ethyl adjacent to an activating group) is 1. The number of hydrogen-bond donors (Lipinski definition) is 2. The summed E-state index contributed by atoms with van der Waals surface area (Å²) >= 11 is 0. The molecule has 2 N–H and O–H groups in total. The molecule has 0 aliphatic carbocycles. The highest BCUT2D eigenvalue weighted by atomic mass is 19.4. The number of hydrogen-bond acceptors (Lipinski definition) is 2. The standard InChI is InChI=1S/C7H11F3N2O3/c1-2-12(4-3-11-6(14)15)5(13)7(8,9)10/h11H,2-4H2,1H3,(H,14,15). The summed E-state index contributed by atoms with van der Waals surface area (Å²) in [4.78, 5) is 21.2. The molecular weight excluding hydrogens is 217 g/mol. The molecule has 8 heteroatoms. The largest absolute Gasteiger partial charge is 0.471 e. The van der Waals surface area contributed by atoms with Gasteiger partial charge in [-0.2, -0.15) is 13.2 Å². The molecule has 0 aliphatic heterocycles. The number of carbonyl (C=O) groups excluding carboxylic acids is 1. The number of carboxylic acid groups (broad SMARTS) is 1. The van der Waals surface area contributed by atoms with Crippen molar-refractivity contribution in [3.05, 3.63) is 0 Å². The fourth-order valence-electron chi connectivity index (χ4n) is 0.880. The normalized spacial score (nSPS) is 10.9. The third-order valence-corrected chi connectivity index (χ3v) is 1.57. The maximum Gasteiger partial charge on any atom is 0.471 e. The lowest BCUT2D eigenvalue weighted by Gasteiger charge is -2.21. The van der Waals surface area contributed by atoms with Crippen molar-refractivity contribution in [1.82, 2.24) is 10.2 Å². The Balaban J connectivity index is 4.14. The molecule has 0 aromatic rings. The fourth-order valence-corrected chi connectivity index (χ4v) is 0.880. The summed E-state index contributed by atoms with van der Waals surface area (Å²) in [6, 6.07) is 0. The third kappa shape index (κ3) is 5.08. The summed E-state index contributed by atoms with van der Waals surface area (Å²) in [5, 5.41) is 10.0. The van der Waals surface area contributed by atoms with Crippen molar-refractivity contribution < 1.29 is 27.9 Å². The van der Waals surface area contributed by atoms with Gasteiger partial charge in [-0.1, -0.05) is 0 Å². The third-order valence-electron chi connectivity index (χ3n) is 1.57. The van der Waals surface area contributed by atoms with Crippen LogP contribution in [0.3, 0.4) is 0 Å². The Morgan fingerprint density at radius 2 is 1.93 bits per heavy atom. The van der Waals surface area contributed by atoms with Crippen molar-refractivity contribution >= 4 is 12.0 Å². The van der Waals surface area contributed by atoms with Gasteiger partial charge in [0.25, 0.3) is 0 Å². The molecule has 0 saturated heterocycles. The first kappa shape index (κ1) is 13.5. The minimum Gasteiger partial charge on any atom is -0.465 e. The smallest absolute Gasteiger partial charge is 0.465 e. The van der Waals surface area contributed by atoms with Gasteiger partial charge in [0.2, 0.25) is 0 Å². The van der Waals surface area contributed by atoms with Gasteiger partial charge in [-0.15, -0.1) is 0 Å². The molecule has 0 saturated carbocycles. The lowest BCUT2D eigenvalue weighted by atomic mass is 10.4. The number of alkyl halides is 3. The minimum absolute atomic E-state index is 0.125. The van der Waals surface area contributed by atoms with E-state index in [4.69, 9.17) is 5.11 Å². The van der Waals surface area contributed by atoms with E-state index in [9.17, 15) is 22.8 Å². The number of nitrogens with zero attached hydrogens (tertiary/aromatic N) is 1. The van der Waals surface area contributed by atoms with Crippen molar-refractivity contribution in [2.75, 3.05) is 19.6 Å². The van der Waals surface area contributed by atoms with Crippen molar-refractivity contribution in [1.29, 1.82) is 0 Å². The average molecular weight is 228 g/mol. The van der Waals surface area contributed by atoms with E-state index >= 15 is 0 Å². The van der Waals surface area contributed by atoms with Gasteiger partial charge in [0, 0.05) is 19.6 Å². The SMILES string of the molecule is CCN(CCNC(=O)O)C(=O)C(F)(F)F. The molecule has 0 aromatic carbocycles. The molecular formula is C7H11F3N2O3. The van der Waals surface area contributed by atoms with Gasteiger partial charge in [-0.25, -0.2) is 4.79 Å². The molecule has 0 unspecified atom stereocenters. The number of carbonyl (C=O) groups is 2. The Morgan fingerprint density at radius 3 is 2.27 bits per heavy atom. The first-order chi connectivity index (χ1) is 6.79. The van der Waals surface area contributed by atoms with Gasteiger partial charge in [-0.05, 0) is 6.92 Å². The van der Waals surface area contributed by atoms with E-state index in [1.165, 1.54) is 6.92 Å². The van der Waals surface area contributed by atoms with E-state index in [0.717, 1.165) is 0 Å². The van der Waals surface area contributed by atoms with Crippen LogP contribution in [0.1, 0.15) is 6.92 Å². The Hall–Kier alpha value is -1.47. The topological polar surface area (TPSA) is 69.6 Å². The van der Waals surface area contributed by atoms with Gasteiger partial charge < -0.3 is 15.3 Å². The molecule has 0 atom stereocenters. The quantitative estimate of drug-likeness (QED) is 0.742. The van der Waals surface area contributed by atoms with Crippen LogP contribution in [0.25, 0.3) is 0 Å². The Bertz CT molecular complexity index is 242. The predicted molar refractivity (Wildman–Crippen MR) is 44.3 cm³/mol. The van der Waals surface area contributed by atoms with Crippen LogP contribution in [0.15, 0.2) is 0 Å². The Morgan fingerprint density at radius 1 is 1.40 bits per heavy atom. The van der Waals surface area contributed by atoms with E-state index in [0.29, 0.717) is 4.90 Å². The molecule has 0 rings (SSSR count). The Kier molecular flexibility index (Phi) is 4.89. The van der Waals surface area contributed by atoms with Crippen molar-refractivity contribution in [3.63, 3.8) is 0 Å². The summed E-state index contributed by atoms with van der Waals surface area (Å²) in [5.41, 5.74) is 0. The van der Waals surface area contributed by atoms with Crippen LogP contribution in [0.2, 0.25) is 0 Å². The first-order valence-corrected chi connectivity index (χ1v) is 4.12. The van der Waals surface area contributed by atoms with Gasteiger partial charge in [0.1, 0.15) is 0 Å². The molecule has 0 aliphatic rings. The van der Waals surface area contributed by atoms with E-state index in [2.05, 4.69) is 0 Å². The molecule has 15 heavy (non-hydrogen) atoms. The van der Waals surface area contributed by atoms with Crippen LogP contribution < -0.4 is 5.32 Å². The molecule has 0 radical (unpaired) electrons. The minimum atomic E-state index is -4.92. The number of amides is 2. The lowest BCUT2D eigenvalue weighted by molar-refractivity contribution is -0.185.